The third-order valence-corrected chi connectivity index (χ3v) is 5.52. The van der Waals surface area contributed by atoms with Gasteiger partial charge in [-0.2, -0.15) is 4.31 Å². The molecule has 0 radical (unpaired) electrons. The van der Waals surface area contributed by atoms with Crippen LogP contribution in [0.1, 0.15) is 12.8 Å². The van der Waals surface area contributed by atoms with Crippen LogP contribution >= 0.6 is 0 Å². The zero-order chi connectivity index (χ0) is 15.6. The highest BCUT2D eigenvalue weighted by molar-refractivity contribution is 7.89. The van der Waals surface area contributed by atoms with E-state index in [1.807, 2.05) is 0 Å². The molecule has 0 aliphatic carbocycles. The second kappa shape index (κ2) is 6.05. The minimum absolute atomic E-state index is 0.0844. The van der Waals surface area contributed by atoms with Gasteiger partial charge in [0, 0.05) is 6.54 Å². The molecule has 1 fully saturated rings. The average molecular weight is 325 g/mol. The Hall–Kier alpha value is -1.93. The predicted molar refractivity (Wildman–Crippen MR) is 77.4 cm³/mol. The fraction of sp³-hybridized carbons (Fsp3) is 0.357. The van der Waals surface area contributed by atoms with E-state index in [9.17, 15) is 12.8 Å². The van der Waals surface area contributed by atoms with Gasteiger partial charge in [-0.1, -0.05) is 0 Å². The molecule has 2 aromatic rings. The normalized spacial score (nSPS) is 19.4. The molecule has 1 N–H and O–H groups in total. The number of sulfonamides is 1. The van der Waals surface area contributed by atoms with Gasteiger partial charge in [-0.25, -0.2) is 17.8 Å². The number of aromatic amines is 1. The Bertz CT molecular complexity index is 716. The summed E-state index contributed by atoms with van der Waals surface area (Å²) >= 11 is 0. The number of nitrogens with zero attached hydrogens (tertiary/aromatic N) is 2. The summed E-state index contributed by atoms with van der Waals surface area (Å²) in [6.45, 7) is 0.692. The Morgan fingerprint density at radius 3 is 2.82 bits per heavy atom. The number of ether oxygens (including phenoxy) is 1. The van der Waals surface area contributed by atoms with Crippen LogP contribution in [0.2, 0.25) is 0 Å². The Morgan fingerprint density at radius 1 is 1.36 bits per heavy atom. The Kier molecular flexibility index (Phi) is 4.12. The molecule has 8 heteroatoms. The fourth-order valence-corrected chi connectivity index (χ4v) is 4.10. The predicted octanol–water partition coefficient (Wildman–Crippen LogP) is 1.78. The zero-order valence-corrected chi connectivity index (χ0v) is 12.6. The van der Waals surface area contributed by atoms with Crippen molar-refractivity contribution in [3.63, 3.8) is 0 Å². The number of aromatic nitrogens is 2. The molecule has 1 aliphatic heterocycles. The third kappa shape index (κ3) is 2.97. The van der Waals surface area contributed by atoms with Gasteiger partial charge >= 0.3 is 0 Å². The summed E-state index contributed by atoms with van der Waals surface area (Å²) in [5.41, 5.74) is 0. The summed E-state index contributed by atoms with van der Waals surface area (Å²) in [5, 5.41) is 0.0844. The topological polar surface area (TPSA) is 75.3 Å². The standard InChI is InChI=1S/C14H16FN3O3S/c15-11-3-5-13(6-4-11)21-9-12-2-1-7-18(12)22(19,20)14-8-16-10-17-14/h3-6,8,10,12H,1-2,7,9H2,(H,16,17). The van der Waals surface area contributed by atoms with Crippen LogP contribution < -0.4 is 4.74 Å². The fourth-order valence-electron chi connectivity index (χ4n) is 2.53. The van der Waals surface area contributed by atoms with Crippen molar-refractivity contribution in [3.05, 3.63) is 42.6 Å². The highest BCUT2D eigenvalue weighted by Crippen LogP contribution is 2.25. The van der Waals surface area contributed by atoms with E-state index >= 15 is 0 Å². The van der Waals surface area contributed by atoms with Gasteiger partial charge in [-0.15, -0.1) is 0 Å². The molecule has 6 nitrogen and oxygen atoms in total. The number of rotatable bonds is 5. The molecule has 1 atom stereocenters. The van der Waals surface area contributed by atoms with Crippen LogP contribution in [0.15, 0.2) is 41.8 Å². The van der Waals surface area contributed by atoms with E-state index in [-0.39, 0.29) is 23.5 Å². The first-order chi connectivity index (χ1) is 10.6. The summed E-state index contributed by atoms with van der Waals surface area (Å²) in [6.07, 6.45) is 4.15. The van der Waals surface area contributed by atoms with Crippen molar-refractivity contribution < 1.29 is 17.5 Å². The molecule has 2 heterocycles. The van der Waals surface area contributed by atoms with Crippen LogP contribution in [-0.4, -0.2) is 41.9 Å². The van der Waals surface area contributed by atoms with Crippen molar-refractivity contribution in [2.45, 2.75) is 23.9 Å². The van der Waals surface area contributed by atoms with Gasteiger partial charge in [0.25, 0.3) is 10.0 Å². The molecule has 3 rings (SSSR count). The molecule has 0 spiro atoms. The lowest BCUT2D eigenvalue weighted by Crippen LogP contribution is -2.39. The minimum atomic E-state index is -3.58. The first-order valence-corrected chi connectivity index (χ1v) is 8.40. The monoisotopic (exact) mass is 325 g/mol. The molecule has 1 saturated heterocycles. The van der Waals surface area contributed by atoms with Crippen LogP contribution in [0.4, 0.5) is 4.39 Å². The molecule has 22 heavy (non-hydrogen) atoms. The maximum absolute atomic E-state index is 12.9. The molecule has 0 bridgehead atoms. The van der Waals surface area contributed by atoms with Crippen LogP contribution in [0.5, 0.6) is 5.75 Å². The molecular formula is C14H16FN3O3S. The first-order valence-electron chi connectivity index (χ1n) is 6.96. The first kappa shape index (κ1) is 15.0. The Balaban J connectivity index is 1.70. The van der Waals surface area contributed by atoms with Crippen molar-refractivity contribution in [3.8, 4) is 5.75 Å². The number of hydrogen-bond acceptors (Lipinski definition) is 4. The quantitative estimate of drug-likeness (QED) is 0.909. The number of benzene rings is 1. The smallest absolute Gasteiger partial charge is 0.260 e. The Morgan fingerprint density at radius 2 is 2.14 bits per heavy atom. The van der Waals surface area contributed by atoms with Gasteiger partial charge in [-0.3, -0.25) is 0 Å². The maximum Gasteiger partial charge on any atom is 0.260 e. The average Bonchev–Trinajstić information content (AvgIpc) is 3.18. The largest absolute Gasteiger partial charge is 0.492 e. The van der Waals surface area contributed by atoms with Gasteiger partial charge in [0.2, 0.25) is 0 Å². The molecule has 1 aromatic carbocycles. The lowest BCUT2D eigenvalue weighted by atomic mass is 10.2. The summed E-state index contributed by atoms with van der Waals surface area (Å²) in [4.78, 5) is 6.39. The van der Waals surface area contributed by atoms with Gasteiger partial charge in [0.15, 0.2) is 5.03 Å². The summed E-state index contributed by atoms with van der Waals surface area (Å²) in [5.74, 6) is 0.184. The van der Waals surface area contributed by atoms with E-state index in [0.717, 1.165) is 12.8 Å². The van der Waals surface area contributed by atoms with E-state index < -0.39 is 10.0 Å². The van der Waals surface area contributed by atoms with Gasteiger partial charge in [-0.05, 0) is 37.1 Å². The molecule has 118 valence electrons. The lowest BCUT2D eigenvalue weighted by Gasteiger charge is -2.23. The molecule has 0 saturated carbocycles. The van der Waals surface area contributed by atoms with Crippen molar-refractivity contribution in [2.24, 2.45) is 0 Å². The van der Waals surface area contributed by atoms with E-state index in [2.05, 4.69) is 9.97 Å². The molecule has 1 aromatic heterocycles. The van der Waals surface area contributed by atoms with Gasteiger partial charge in [0.05, 0.1) is 18.6 Å². The maximum atomic E-state index is 12.9. The van der Waals surface area contributed by atoms with Crippen LogP contribution in [-0.2, 0) is 10.0 Å². The number of nitrogens with one attached hydrogen (secondary N) is 1. The number of hydrogen-bond donors (Lipinski definition) is 1. The Labute approximate surface area is 128 Å². The summed E-state index contributed by atoms with van der Waals surface area (Å²) in [7, 11) is -3.58. The van der Waals surface area contributed by atoms with Gasteiger partial charge in [0.1, 0.15) is 18.2 Å². The molecule has 1 unspecified atom stereocenters. The molecular weight excluding hydrogens is 309 g/mol. The van der Waals surface area contributed by atoms with E-state index in [1.165, 1.54) is 41.1 Å². The lowest BCUT2D eigenvalue weighted by molar-refractivity contribution is 0.232. The number of imidazole rings is 1. The van der Waals surface area contributed by atoms with Crippen molar-refractivity contribution in [1.82, 2.24) is 14.3 Å². The minimum Gasteiger partial charge on any atom is -0.492 e. The highest BCUT2D eigenvalue weighted by atomic mass is 32.2. The van der Waals surface area contributed by atoms with Crippen LogP contribution in [0.3, 0.4) is 0 Å². The van der Waals surface area contributed by atoms with E-state index in [0.29, 0.717) is 12.3 Å². The highest BCUT2D eigenvalue weighted by Gasteiger charge is 2.36. The van der Waals surface area contributed by atoms with Gasteiger partial charge < -0.3 is 9.72 Å². The van der Waals surface area contributed by atoms with Crippen molar-refractivity contribution in [1.29, 1.82) is 0 Å². The van der Waals surface area contributed by atoms with Crippen molar-refractivity contribution >= 4 is 10.0 Å². The number of halogens is 1. The molecule has 1 aliphatic rings. The number of H-pyrrole nitrogens is 1. The summed E-state index contributed by atoms with van der Waals surface area (Å²) in [6, 6.07) is 5.43. The SMILES string of the molecule is O=S(=O)(c1cnc[nH]1)N1CCCC1COc1ccc(F)cc1. The second-order valence-corrected chi connectivity index (χ2v) is 6.95. The van der Waals surface area contributed by atoms with Crippen molar-refractivity contribution in [2.75, 3.05) is 13.2 Å². The van der Waals surface area contributed by atoms with Crippen LogP contribution in [0, 0.1) is 5.82 Å². The van der Waals surface area contributed by atoms with Crippen LogP contribution in [0.25, 0.3) is 0 Å². The zero-order valence-electron chi connectivity index (χ0n) is 11.8. The second-order valence-electron chi connectivity index (χ2n) is 5.09. The third-order valence-electron chi connectivity index (χ3n) is 3.64. The van der Waals surface area contributed by atoms with E-state index in [1.54, 1.807) is 0 Å². The molecule has 0 amide bonds. The van der Waals surface area contributed by atoms with E-state index in [4.69, 9.17) is 4.74 Å². The summed E-state index contributed by atoms with van der Waals surface area (Å²) < 4.78 is 44.9.